The van der Waals surface area contributed by atoms with Crippen LogP contribution in [-0.4, -0.2) is 42.4 Å². The number of aliphatic hydroxyl groups excluding tert-OH is 1. The Bertz CT molecular complexity index is 416. The molecule has 1 aliphatic rings. The fraction of sp³-hybridized carbons (Fsp3) is 0.647. The number of aliphatic hydroxyl groups is 1. The first kappa shape index (κ1) is 15.3. The number of likely N-dealkylation sites (tertiary alicyclic amines) is 1. The van der Waals surface area contributed by atoms with E-state index in [0.717, 1.165) is 36.5 Å². The third kappa shape index (κ3) is 4.22. The zero-order valence-electron chi connectivity index (χ0n) is 13.0. The van der Waals surface area contributed by atoms with Crippen molar-refractivity contribution < 1.29 is 9.84 Å². The summed E-state index contributed by atoms with van der Waals surface area (Å²) in [6.45, 7) is 9.54. The van der Waals surface area contributed by atoms with Gasteiger partial charge in [-0.05, 0) is 57.8 Å². The van der Waals surface area contributed by atoms with Gasteiger partial charge in [0, 0.05) is 6.54 Å². The van der Waals surface area contributed by atoms with Gasteiger partial charge in [0.2, 0.25) is 0 Å². The Morgan fingerprint density at radius 1 is 1.10 bits per heavy atom. The van der Waals surface area contributed by atoms with Crippen LogP contribution >= 0.6 is 0 Å². The molecule has 0 amide bonds. The first-order chi connectivity index (χ1) is 9.56. The third-order valence-electron chi connectivity index (χ3n) is 3.94. The Morgan fingerprint density at radius 2 is 1.70 bits per heavy atom. The first-order valence-electron chi connectivity index (χ1n) is 7.67. The monoisotopic (exact) mass is 277 g/mol. The predicted molar refractivity (Wildman–Crippen MR) is 82.4 cm³/mol. The molecule has 1 aromatic carbocycles. The summed E-state index contributed by atoms with van der Waals surface area (Å²) in [5, 5.41) is 10.1. The lowest BCUT2D eigenvalue weighted by atomic mass is 10.1. The highest BCUT2D eigenvalue weighted by atomic mass is 16.5. The summed E-state index contributed by atoms with van der Waals surface area (Å²) in [4.78, 5) is 2.34. The molecule has 112 valence electrons. The predicted octanol–water partition coefficient (Wildman–Crippen LogP) is 2.84. The van der Waals surface area contributed by atoms with Crippen molar-refractivity contribution in [3.8, 4) is 5.75 Å². The average molecular weight is 277 g/mol. The molecule has 0 aliphatic carbocycles. The molecule has 3 heteroatoms. The standard InChI is InChI=1S/C17H27NO2/c1-13-9-14(2)17(15(3)10-13)20-12-16(19)11-18-7-5-4-6-8-18/h9-10,16,19H,4-8,11-12H2,1-3H3/t16-/m1/s1. The summed E-state index contributed by atoms with van der Waals surface area (Å²) in [6.07, 6.45) is 3.42. The number of β-amino-alcohol motifs (C(OH)–C–C–N with tert-alkyl or cyclic N) is 1. The Balaban J connectivity index is 1.85. The molecule has 1 aromatic rings. The molecule has 1 atom stereocenters. The van der Waals surface area contributed by atoms with E-state index in [1.54, 1.807) is 0 Å². The van der Waals surface area contributed by atoms with Gasteiger partial charge >= 0.3 is 0 Å². The summed E-state index contributed by atoms with van der Waals surface area (Å²) < 4.78 is 5.85. The molecule has 1 fully saturated rings. The highest BCUT2D eigenvalue weighted by Crippen LogP contribution is 2.24. The van der Waals surface area contributed by atoms with E-state index in [-0.39, 0.29) is 0 Å². The molecule has 0 aromatic heterocycles. The Morgan fingerprint density at radius 3 is 2.30 bits per heavy atom. The van der Waals surface area contributed by atoms with Gasteiger partial charge in [0.25, 0.3) is 0 Å². The van der Waals surface area contributed by atoms with Crippen LogP contribution in [0.2, 0.25) is 0 Å². The molecule has 20 heavy (non-hydrogen) atoms. The quantitative estimate of drug-likeness (QED) is 0.898. The van der Waals surface area contributed by atoms with Gasteiger partial charge in [-0.15, -0.1) is 0 Å². The average Bonchev–Trinajstić information content (AvgIpc) is 2.38. The van der Waals surface area contributed by atoms with Gasteiger partial charge in [0.15, 0.2) is 0 Å². The molecule has 0 saturated carbocycles. The fourth-order valence-corrected chi connectivity index (χ4v) is 3.07. The van der Waals surface area contributed by atoms with Crippen LogP contribution in [0, 0.1) is 20.8 Å². The Labute approximate surface area is 122 Å². The van der Waals surface area contributed by atoms with Crippen LogP contribution in [0.3, 0.4) is 0 Å². The van der Waals surface area contributed by atoms with Crippen LogP contribution in [0.4, 0.5) is 0 Å². The largest absolute Gasteiger partial charge is 0.490 e. The van der Waals surface area contributed by atoms with Gasteiger partial charge in [-0.25, -0.2) is 0 Å². The van der Waals surface area contributed by atoms with E-state index in [2.05, 4.69) is 37.8 Å². The number of rotatable bonds is 5. The zero-order chi connectivity index (χ0) is 14.5. The third-order valence-corrected chi connectivity index (χ3v) is 3.94. The van der Waals surface area contributed by atoms with Gasteiger partial charge in [-0.3, -0.25) is 0 Å². The topological polar surface area (TPSA) is 32.7 Å². The van der Waals surface area contributed by atoms with Gasteiger partial charge < -0.3 is 14.7 Å². The maximum atomic E-state index is 10.1. The van der Waals surface area contributed by atoms with Gasteiger partial charge in [0.1, 0.15) is 18.5 Å². The van der Waals surface area contributed by atoms with E-state index in [1.807, 2.05) is 0 Å². The number of benzene rings is 1. The molecule has 0 unspecified atom stereocenters. The molecule has 1 N–H and O–H groups in total. The van der Waals surface area contributed by atoms with Gasteiger partial charge in [0.05, 0.1) is 0 Å². The van der Waals surface area contributed by atoms with Crippen LogP contribution in [0.5, 0.6) is 5.75 Å². The first-order valence-corrected chi connectivity index (χ1v) is 7.67. The molecule has 2 rings (SSSR count). The highest BCUT2D eigenvalue weighted by molar-refractivity contribution is 5.42. The van der Waals surface area contributed by atoms with E-state index < -0.39 is 6.10 Å². The van der Waals surface area contributed by atoms with E-state index in [9.17, 15) is 5.11 Å². The maximum Gasteiger partial charge on any atom is 0.125 e. The molecule has 1 saturated heterocycles. The summed E-state index contributed by atoms with van der Waals surface area (Å²) in [6, 6.07) is 4.25. The van der Waals surface area contributed by atoms with Crippen LogP contribution < -0.4 is 4.74 Å². The molecule has 0 radical (unpaired) electrons. The number of aryl methyl sites for hydroxylation is 3. The highest BCUT2D eigenvalue weighted by Gasteiger charge is 2.15. The van der Waals surface area contributed by atoms with Crippen LogP contribution in [-0.2, 0) is 0 Å². The SMILES string of the molecule is Cc1cc(C)c(OC[C@H](O)CN2CCCCC2)c(C)c1. The normalized spacial score (nSPS) is 18.0. The molecule has 1 aliphatic heterocycles. The van der Waals surface area contributed by atoms with Crippen molar-refractivity contribution >= 4 is 0 Å². The van der Waals surface area contributed by atoms with Gasteiger partial charge in [-0.2, -0.15) is 0 Å². The molecular formula is C17H27NO2. The molecule has 1 heterocycles. The second-order valence-electron chi connectivity index (χ2n) is 6.05. The molecule has 0 bridgehead atoms. The summed E-state index contributed by atoms with van der Waals surface area (Å²) in [5.41, 5.74) is 3.54. The van der Waals surface area contributed by atoms with Crippen LogP contribution in [0.1, 0.15) is 36.0 Å². The van der Waals surface area contributed by atoms with Gasteiger partial charge in [-0.1, -0.05) is 24.1 Å². The second-order valence-corrected chi connectivity index (χ2v) is 6.05. The number of piperidine rings is 1. The van der Waals surface area contributed by atoms with E-state index >= 15 is 0 Å². The van der Waals surface area contributed by atoms with Crippen molar-refractivity contribution in [3.63, 3.8) is 0 Å². The smallest absolute Gasteiger partial charge is 0.125 e. The minimum atomic E-state index is -0.409. The second kappa shape index (κ2) is 7.09. The molecular weight excluding hydrogens is 250 g/mol. The number of hydrogen-bond donors (Lipinski definition) is 1. The van der Waals surface area contributed by atoms with E-state index in [1.165, 1.54) is 24.8 Å². The number of hydrogen-bond acceptors (Lipinski definition) is 3. The molecule has 3 nitrogen and oxygen atoms in total. The van der Waals surface area contributed by atoms with E-state index in [0.29, 0.717) is 6.61 Å². The minimum Gasteiger partial charge on any atom is -0.490 e. The lowest BCUT2D eigenvalue weighted by Gasteiger charge is -2.28. The molecule has 0 spiro atoms. The van der Waals surface area contributed by atoms with E-state index in [4.69, 9.17) is 4.74 Å². The summed E-state index contributed by atoms with van der Waals surface area (Å²) in [5.74, 6) is 0.924. The van der Waals surface area contributed by atoms with Crippen molar-refractivity contribution in [3.05, 3.63) is 28.8 Å². The number of ether oxygens (including phenoxy) is 1. The fourth-order valence-electron chi connectivity index (χ4n) is 3.07. The minimum absolute atomic E-state index is 0.376. The summed E-state index contributed by atoms with van der Waals surface area (Å²) in [7, 11) is 0. The van der Waals surface area contributed by atoms with Crippen molar-refractivity contribution in [2.24, 2.45) is 0 Å². The van der Waals surface area contributed by atoms with Crippen molar-refractivity contribution in [2.75, 3.05) is 26.2 Å². The van der Waals surface area contributed by atoms with Crippen molar-refractivity contribution in [1.29, 1.82) is 0 Å². The van der Waals surface area contributed by atoms with Crippen molar-refractivity contribution in [2.45, 2.75) is 46.1 Å². The lowest BCUT2D eigenvalue weighted by Crippen LogP contribution is -2.38. The van der Waals surface area contributed by atoms with Crippen LogP contribution in [0.25, 0.3) is 0 Å². The number of nitrogens with zero attached hydrogens (tertiary/aromatic N) is 1. The Kier molecular flexibility index (Phi) is 5.44. The summed E-state index contributed by atoms with van der Waals surface area (Å²) >= 11 is 0. The maximum absolute atomic E-state index is 10.1. The Hall–Kier alpha value is -1.06. The lowest BCUT2D eigenvalue weighted by molar-refractivity contribution is 0.0613. The zero-order valence-corrected chi connectivity index (χ0v) is 13.0. The van der Waals surface area contributed by atoms with Crippen LogP contribution in [0.15, 0.2) is 12.1 Å². The van der Waals surface area contributed by atoms with Crippen molar-refractivity contribution in [1.82, 2.24) is 4.90 Å².